The van der Waals surface area contributed by atoms with Crippen molar-refractivity contribution in [2.24, 2.45) is 0 Å². The number of rotatable bonds is 3. The smallest absolute Gasteiger partial charge is 0.206 e. The van der Waals surface area contributed by atoms with Crippen LogP contribution in [0.15, 0.2) is 0 Å². The van der Waals surface area contributed by atoms with Crippen molar-refractivity contribution >= 4 is 0 Å². The summed E-state index contributed by atoms with van der Waals surface area (Å²) in [5.74, 6) is 0. The first-order chi connectivity index (χ1) is 3.92. The van der Waals surface area contributed by atoms with Crippen molar-refractivity contribution in [1.29, 1.82) is 0 Å². The summed E-state index contributed by atoms with van der Waals surface area (Å²) in [6.45, 7) is 2.37. The second-order valence-electron chi connectivity index (χ2n) is 2.53. The molecule has 0 heterocycles. The zero-order valence-electron chi connectivity index (χ0n) is 5.56. The lowest BCUT2D eigenvalue weighted by atomic mass is 10.1. The third-order valence-corrected chi connectivity index (χ3v) is 0.889. The van der Waals surface area contributed by atoms with Crippen molar-refractivity contribution in [1.82, 2.24) is 0 Å². The lowest BCUT2D eigenvalue weighted by Gasteiger charge is -2.08. The molecule has 0 aromatic carbocycles. The van der Waals surface area contributed by atoms with Crippen LogP contribution in [0.2, 0.25) is 0 Å². The van der Waals surface area contributed by atoms with Gasteiger partial charge >= 0.3 is 0 Å². The molecule has 0 saturated carbocycles. The third kappa shape index (κ3) is 7.33. The van der Waals surface area contributed by atoms with Gasteiger partial charge in [-0.1, -0.05) is 0 Å². The minimum atomic E-state index is -1.41. The second kappa shape index (κ2) is 2.75. The lowest BCUT2D eigenvalue weighted by Crippen LogP contribution is -2.17. The molecule has 0 unspecified atom stereocenters. The second-order valence-corrected chi connectivity index (χ2v) is 2.53. The highest BCUT2D eigenvalue weighted by Gasteiger charge is 2.17. The first kappa shape index (κ1) is 8.33. The molecule has 0 rings (SSSR count). The van der Waals surface area contributed by atoms with E-state index in [1.807, 2.05) is 0 Å². The zero-order chi connectivity index (χ0) is 7.49. The molecule has 0 atom stereocenters. The molecule has 0 spiro atoms. The van der Waals surface area contributed by atoms with Gasteiger partial charge in [0.05, 0.1) is 0 Å². The van der Waals surface area contributed by atoms with E-state index in [0.29, 0.717) is 0 Å². The standard InChI is InChI=1S/C5H10FNO2/c1-5(2,6)3-4-7(8)9/h3-4H2,1-2H3. The van der Waals surface area contributed by atoms with E-state index >= 15 is 0 Å². The Labute approximate surface area is 53.0 Å². The van der Waals surface area contributed by atoms with Crippen LogP contribution in [0, 0.1) is 10.1 Å². The zero-order valence-corrected chi connectivity index (χ0v) is 5.56. The van der Waals surface area contributed by atoms with Crippen molar-refractivity contribution in [3.8, 4) is 0 Å². The van der Waals surface area contributed by atoms with E-state index in [9.17, 15) is 14.5 Å². The van der Waals surface area contributed by atoms with Gasteiger partial charge in [0.1, 0.15) is 5.67 Å². The monoisotopic (exact) mass is 135 g/mol. The van der Waals surface area contributed by atoms with Crippen LogP contribution < -0.4 is 0 Å². The van der Waals surface area contributed by atoms with Gasteiger partial charge in [-0.05, 0) is 13.8 Å². The molecule has 54 valence electrons. The molecule has 0 aromatic heterocycles. The molecule has 9 heavy (non-hydrogen) atoms. The molecular weight excluding hydrogens is 125 g/mol. The van der Waals surface area contributed by atoms with Crippen molar-refractivity contribution in [3.05, 3.63) is 10.1 Å². The maximum atomic E-state index is 12.4. The van der Waals surface area contributed by atoms with Gasteiger partial charge in [-0.2, -0.15) is 0 Å². The van der Waals surface area contributed by atoms with Crippen molar-refractivity contribution in [2.45, 2.75) is 25.9 Å². The average Bonchev–Trinajstić information content (AvgIpc) is 1.59. The van der Waals surface area contributed by atoms with Crippen molar-refractivity contribution in [3.63, 3.8) is 0 Å². The van der Waals surface area contributed by atoms with E-state index in [1.165, 1.54) is 13.8 Å². The van der Waals surface area contributed by atoms with E-state index in [0.717, 1.165) is 0 Å². The minimum Gasteiger partial charge on any atom is -0.265 e. The van der Waals surface area contributed by atoms with Gasteiger partial charge in [0.15, 0.2) is 0 Å². The summed E-state index contributed by atoms with van der Waals surface area (Å²) in [7, 11) is 0. The fourth-order valence-corrected chi connectivity index (χ4v) is 0.357. The predicted molar refractivity (Wildman–Crippen MR) is 31.7 cm³/mol. The molecule has 0 radical (unpaired) electrons. The summed E-state index contributed by atoms with van der Waals surface area (Å²) >= 11 is 0. The summed E-state index contributed by atoms with van der Waals surface area (Å²) in [6, 6.07) is 0. The van der Waals surface area contributed by atoms with Crippen LogP contribution in [0.25, 0.3) is 0 Å². The van der Waals surface area contributed by atoms with Gasteiger partial charge in [-0.15, -0.1) is 0 Å². The fraction of sp³-hybridized carbons (Fsp3) is 1.00. The predicted octanol–water partition coefficient (Wildman–Crippen LogP) is 1.40. The van der Waals surface area contributed by atoms with Gasteiger partial charge in [0, 0.05) is 11.3 Å². The average molecular weight is 135 g/mol. The Kier molecular flexibility index (Phi) is 2.55. The SMILES string of the molecule is CC(C)(F)CC[N+](=O)[O-]. The van der Waals surface area contributed by atoms with Crippen LogP contribution in [0.3, 0.4) is 0 Å². The molecule has 0 saturated heterocycles. The van der Waals surface area contributed by atoms with E-state index in [4.69, 9.17) is 0 Å². The van der Waals surface area contributed by atoms with Crippen molar-refractivity contribution < 1.29 is 9.31 Å². The van der Waals surface area contributed by atoms with E-state index in [1.54, 1.807) is 0 Å². The molecular formula is C5H10FNO2. The van der Waals surface area contributed by atoms with Gasteiger partial charge in [-0.25, -0.2) is 4.39 Å². The molecule has 0 fully saturated rings. The van der Waals surface area contributed by atoms with E-state index in [-0.39, 0.29) is 13.0 Å². The third-order valence-electron chi connectivity index (χ3n) is 0.889. The summed E-state index contributed by atoms with van der Waals surface area (Å²) < 4.78 is 12.4. The molecule has 0 aliphatic heterocycles. The molecule has 0 aliphatic rings. The minimum absolute atomic E-state index is 0.0139. The summed E-state index contributed by atoms with van der Waals surface area (Å²) in [4.78, 5) is 9.17. The van der Waals surface area contributed by atoms with Crippen LogP contribution in [0.1, 0.15) is 20.3 Å². The highest BCUT2D eigenvalue weighted by Crippen LogP contribution is 2.12. The Morgan fingerprint density at radius 2 is 2.11 bits per heavy atom. The molecule has 3 nitrogen and oxygen atoms in total. The van der Waals surface area contributed by atoms with Crippen LogP contribution in [-0.2, 0) is 0 Å². The van der Waals surface area contributed by atoms with Gasteiger partial charge < -0.3 is 0 Å². The molecule has 4 heteroatoms. The topological polar surface area (TPSA) is 43.1 Å². The number of halogens is 1. The summed E-state index contributed by atoms with van der Waals surface area (Å²) in [5, 5.41) is 9.68. The fourth-order valence-electron chi connectivity index (χ4n) is 0.357. The van der Waals surface area contributed by atoms with Crippen LogP contribution in [-0.4, -0.2) is 17.1 Å². The lowest BCUT2D eigenvalue weighted by molar-refractivity contribution is -0.482. The summed E-state index contributed by atoms with van der Waals surface area (Å²) in [6.07, 6.45) is -0.0139. The molecule has 0 aromatic rings. The van der Waals surface area contributed by atoms with Crippen LogP contribution >= 0.6 is 0 Å². The van der Waals surface area contributed by atoms with E-state index in [2.05, 4.69) is 0 Å². The highest BCUT2D eigenvalue weighted by atomic mass is 19.1. The molecule has 0 aliphatic carbocycles. The Morgan fingerprint density at radius 3 is 2.22 bits per heavy atom. The summed E-state index contributed by atoms with van der Waals surface area (Å²) in [5.41, 5.74) is -1.41. The van der Waals surface area contributed by atoms with Crippen LogP contribution in [0.4, 0.5) is 4.39 Å². The first-order valence-electron chi connectivity index (χ1n) is 2.72. The molecule has 0 amide bonds. The molecule has 0 N–H and O–H groups in total. The number of alkyl halides is 1. The highest BCUT2D eigenvalue weighted by molar-refractivity contribution is 4.63. The van der Waals surface area contributed by atoms with E-state index < -0.39 is 10.6 Å². The maximum Gasteiger partial charge on any atom is 0.206 e. The quantitative estimate of drug-likeness (QED) is 0.433. The van der Waals surface area contributed by atoms with Gasteiger partial charge in [0.25, 0.3) is 0 Å². The number of nitro groups is 1. The number of hydrogen-bond acceptors (Lipinski definition) is 2. The largest absolute Gasteiger partial charge is 0.265 e. The van der Waals surface area contributed by atoms with Gasteiger partial charge in [-0.3, -0.25) is 10.1 Å². The Morgan fingerprint density at radius 1 is 1.67 bits per heavy atom. The van der Waals surface area contributed by atoms with Crippen LogP contribution in [0.5, 0.6) is 0 Å². The molecule has 0 bridgehead atoms. The Balaban J connectivity index is 3.39. The Bertz CT molecular complexity index is 108. The Hall–Kier alpha value is -0.670. The number of nitrogens with zero attached hydrogens (tertiary/aromatic N) is 1. The maximum absolute atomic E-state index is 12.4. The first-order valence-corrected chi connectivity index (χ1v) is 2.72. The van der Waals surface area contributed by atoms with Crippen molar-refractivity contribution in [2.75, 3.05) is 6.54 Å². The van der Waals surface area contributed by atoms with Gasteiger partial charge in [0.2, 0.25) is 6.54 Å². The number of hydrogen-bond donors (Lipinski definition) is 0. The normalized spacial score (nSPS) is 11.4.